The molecule has 0 spiro atoms. The van der Waals surface area contributed by atoms with Crippen molar-refractivity contribution in [3.05, 3.63) is 28.8 Å². The van der Waals surface area contributed by atoms with Gasteiger partial charge in [-0.2, -0.15) is 0 Å². The van der Waals surface area contributed by atoms with Gasteiger partial charge in [-0.1, -0.05) is 26.8 Å². The van der Waals surface area contributed by atoms with Crippen LogP contribution in [-0.4, -0.2) is 35.2 Å². The Morgan fingerprint density at radius 1 is 1.27 bits per heavy atom. The number of aliphatic imine (C=N–C) groups is 1. The predicted molar refractivity (Wildman–Crippen MR) is 96.0 cm³/mol. The molecule has 1 unspecified atom stereocenters. The third kappa shape index (κ3) is 3.39. The fraction of sp³-hybridized carbons (Fsp3) is 0.556. The molecule has 1 aliphatic rings. The Bertz CT molecular complexity index is 670. The van der Waals surface area contributed by atoms with Crippen molar-refractivity contribution in [3.8, 4) is 0 Å². The lowest BCUT2D eigenvalue weighted by molar-refractivity contribution is 0.295. The van der Waals surface area contributed by atoms with E-state index in [1.165, 1.54) is 27.4 Å². The zero-order chi connectivity index (χ0) is 15.5. The number of aromatic nitrogens is 1. The first-order valence-corrected chi connectivity index (χ1v) is 9.16. The topological polar surface area (TPSA) is 28.5 Å². The molecule has 118 valence electrons. The van der Waals surface area contributed by atoms with Gasteiger partial charge >= 0.3 is 0 Å². The minimum atomic E-state index is 0.729. The maximum atomic E-state index is 4.84. The summed E-state index contributed by atoms with van der Waals surface area (Å²) in [7, 11) is 0. The number of benzene rings is 1. The van der Waals surface area contributed by atoms with Crippen molar-refractivity contribution in [2.45, 2.75) is 40.2 Å². The highest BCUT2D eigenvalue weighted by Gasteiger charge is 2.14. The minimum absolute atomic E-state index is 0.729. The van der Waals surface area contributed by atoms with Gasteiger partial charge in [0, 0.05) is 12.3 Å². The highest BCUT2D eigenvalue weighted by Crippen LogP contribution is 2.26. The molecule has 0 N–H and O–H groups in total. The van der Waals surface area contributed by atoms with E-state index in [4.69, 9.17) is 9.98 Å². The molecule has 1 aliphatic heterocycles. The lowest BCUT2D eigenvalue weighted by atomic mass is 9.96. The number of hydrogen-bond donors (Lipinski definition) is 0. The normalized spacial score (nSPS) is 18.9. The Morgan fingerprint density at radius 2 is 2.09 bits per heavy atom. The van der Waals surface area contributed by atoms with E-state index in [1.807, 2.05) is 11.3 Å². The van der Waals surface area contributed by atoms with E-state index in [-0.39, 0.29) is 0 Å². The van der Waals surface area contributed by atoms with Crippen LogP contribution in [0.25, 0.3) is 10.2 Å². The average molecular weight is 315 g/mol. The van der Waals surface area contributed by atoms with Gasteiger partial charge in [-0.15, -0.1) is 11.3 Å². The second-order valence-electron chi connectivity index (χ2n) is 6.18. The van der Waals surface area contributed by atoms with E-state index in [1.54, 1.807) is 0 Å². The zero-order valence-corrected chi connectivity index (χ0v) is 14.6. The van der Waals surface area contributed by atoms with Gasteiger partial charge in [0.05, 0.1) is 16.8 Å². The summed E-state index contributed by atoms with van der Waals surface area (Å²) in [5.74, 6) is 0.729. The standard InChI is InChI=1S/C18H25N3S/c1-4-21(5-2)12-18-20-16-10-14(7-9-17(16)22-18)15-8-6-13(3)11-19-15/h7,9-10,13H,4-6,8,11-12H2,1-3H3. The molecular weight excluding hydrogens is 290 g/mol. The van der Waals surface area contributed by atoms with Crippen molar-refractivity contribution < 1.29 is 0 Å². The largest absolute Gasteiger partial charge is 0.297 e. The summed E-state index contributed by atoms with van der Waals surface area (Å²) < 4.78 is 1.29. The van der Waals surface area contributed by atoms with Gasteiger partial charge in [0.2, 0.25) is 0 Å². The molecule has 4 heteroatoms. The maximum Gasteiger partial charge on any atom is 0.108 e. The van der Waals surface area contributed by atoms with Gasteiger partial charge in [-0.05, 0) is 49.5 Å². The second-order valence-corrected chi connectivity index (χ2v) is 7.30. The van der Waals surface area contributed by atoms with Crippen LogP contribution in [-0.2, 0) is 6.54 Å². The van der Waals surface area contributed by atoms with Crippen molar-refractivity contribution in [3.63, 3.8) is 0 Å². The Hall–Kier alpha value is -1.26. The predicted octanol–water partition coefficient (Wildman–Crippen LogP) is 4.36. The molecule has 0 amide bonds. The molecule has 3 rings (SSSR count). The van der Waals surface area contributed by atoms with Crippen molar-refractivity contribution in [2.24, 2.45) is 10.9 Å². The SMILES string of the molecule is CCN(CC)Cc1nc2cc(C3=NCC(C)CC3)ccc2s1. The van der Waals surface area contributed by atoms with Crippen molar-refractivity contribution in [2.75, 3.05) is 19.6 Å². The fourth-order valence-corrected chi connectivity index (χ4v) is 3.91. The van der Waals surface area contributed by atoms with E-state index in [0.29, 0.717) is 0 Å². The third-order valence-electron chi connectivity index (χ3n) is 4.49. The first kappa shape index (κ1) is 15.6. The lowest BCUT2D eigenvalue weighted by Crippen LogP contribution is -2.21. The molecule has 1 aromatic heterocycles. The lowest BCUT2D eigenvalue weighted by Gasteiger charge is -2.17. The smallest absolute Gasteiger partial charge is 0.108 e. The molecule has 0 aliphatic carbocycles. The summed E-state index contributed by atoms with van der Waals surface area (Å²) in [4.78, 5) is 12.0. The van der Waals surface area contributed by atoms with Gasteiger partial charge in [0.1, 0.15) is 5.01 Å². The van der Waals surface area contributed by atoms with Crippen LogP contribution in [0.3, 0.4) is 0 Å². The summed E-state index contributed by atoms with van der Waals surface area (Å²) in [5.41, 5.74) is 3.66. The summed E-state index contributed by atoms with van der Waals surface area (Å²) in [6, 6.07) is 6.66. The maximum absolute atomic E-state index is 4.84. The molecular formula is C18H25N3S. The molecule has 0 radical (unpaired) electrons. The van der Waals surface area contributed by atoms with Crippen molar-refractivity contribution in [1.29, 1.82) is 0 Å². The number of hydrogen-bond acceptors (Lipinski definition) is 4. The zero-order valence-electron chi connectivity index (χ0n) is 13.8. The van der Waals surface area contributed by atoms with Crippen molar-refractivity contribution >= 4 is 27.3 Å². The molecule has 1 aromatic carbocycles. The number of thiazole rings is 1. The Kier molecular flexibility index (Phi) is 4.89. The molecule has 1 atom stereocenters. The molecule has 22 heavy (non-hydrogen) atoms. The molecule has 0 fully saturated rings. The molecule has 0 saturated heterocycles. The van der Waals surface area contributed by atoms with Gasteiger partial charge in [0.15, 0.2) is 0 Å². The Balaban J connectivity index is 1.84. The quantitative estimate of drug-likeness (QED) is 0.820. The van der Waals surface area contributed by atoms with Crippen LogP contribution >= 0.6 is 11.3 Å². The molecule has 0 bridgehead atoms. The van der Waals surface area contributed by atoms with Crippen LogP contribution < -0.4 is 0 Å². The Morgan fingerprint density at radius 3 is 2.77 bits per heavy atom. The molecule has 3 nitrogen and oxygen atoms in total. The van der Waals surface area contributed by atoms with Crippen molar-refractivity contribution in [1.82, 2.24) is 9.88 Å². The minimum Gasteiger partial charge on any atom is -0.297 e. The van der Waals surface area contributed by atoms with Crippen LogP contribution in [0, 0.1) is 5.92 Å². The Labute approximate surface area is 137 Å². The first-order chi connectivity index (χ1) is 10.7. The first-order valence-electron chi connectivity index (χ1n) is 8.35. The molecule has 2 aromatic rings. The highest BCUT2D eigenvalue weighted by atomic mass is 32.1. The fourth-order valence-electron chi connectivity index (χ4n) is 2.92. The summed E-state index contributed by atoms with van der Waals surface area (Å²) >= 11 is 1.82. The molecule has 2 heterocycles. The summed E-state index contributed by atoms with van der Waals surface area (Å²) in [6.07, 6.45) is 2.35. The number of fused-ring (bicyclic) bond motifs is 1. The average Bonchev–Trinajstić information content (AvgIpc) is 2.94. The van der Waals surface area contributed by atoms with Gasteiger partial charge in [-0.25, -0.2) is 4.98 Å². The van der Waals surface area contributed by atoms with Crippen LogP contribution in [0.5, 0.6) is 0 Å². The third-order valence-corrected chi connectivity index (χ3v) is 5.51. The van der Waals surface area contributed by atoms with Crippen LogP contribution in [0.2, 0.25) is 0 Å². The van der Waals surface area contributed by atoms with Crippen LogP contribution in [0.4, 0.5) is 0 Å². The number of rotatable bonds is 5. The summed E-state index contributed by atoms with van der Waals surface area (Å²) in [6.45, 7) is 10.8. The van der Waals surface area contributed by atoms with Gasteiger partial charge in [0.25, 0.3) is 0 Å². The second kappa shape index (κ2) is 6.88. The highest BCUT2D eigenvalue weighted by molar-refractivity contribution is 7.18. The van der Waals surface area contributed by atoms with Gasteiger partial charge in [-0.3, -0.25) is 9.89 Å². The molecule has 0 saturated carbocycles. The number of nitrogens with zero attached hydrogens (tertiary/aromatic N) is 3. The van der Waals surface area contributed by atoms with E-state index < -0.39 is 0 Å². The van der Waals surface area contributed by atoms with Crippen LogP contribution in [0.15, 0.2) is 23.2 Å². The van der Waals surface area contributed by atoms with E-state index in [2.05, 4.69) is 43.9 Å². The van der Waals surface area contributed by atoms with E-state index >= 15 is 0 Å². The van der Waals surface area contributed by atoms with E-state index in [0.717, 1.165) is 44.0 Å². The van der Waals surface area contributed by atoms with Gasteiger partial charge < -0.3 is 0 Å². The van der Waals surface area contributed by atoms with E-state index in [9.17, 15) is 0 Å². The monoisotopic (exact) mass is 315 g/mol. The summed E-state index contributed by atoms with van der Waals surface area (Å²) in [5, 5.41) is 1.22. The van der Waals surface area contributed by atoms with Crippen LogP contribution in [0.1, 0.15) is 44.2 Å².